The average molecular weight is 370 g/mol. The fourth-order valence-electron chi connectivity index (χ4n) is 2.95. The summed E-state index contributed by atoms with van der Waals surface area (Å²) in [6, 6.07) is 5.91. The number of thioether (sulfide) groups is 2. The third-order valence-corrected chi connectivity index (χ3v) is 6.08. The van der Waals surface area contributed by atoms with Gasteiger partial charge in [0.15, 0.2) is 23.2 Å². The standard InChI is InChI=1S/C18H17F3OS2/c1-3-22-13-7-5-11-10-4-6-12(19)16(20)14(10)18(15(11)17(13)21)24-9-8-23-2/h4-7,18H,3,8-9H2,1-2H3. The summed E-state index contributed by atoms with van der Waals surface area (Å²) in [5, 5.41) is -0.557. The minimum Gasteiger partial charge on any atom is -0.491 e. The van der Waals surface area contributed by atoms with E-state index >= 15 is 0 Å². The van der Waals surface area contributed by atoms with E-state index in [-0.39, 0.29) is 11.3 Å². The molecule has 1 atom stereocenters. The molecule has 0 radical (unpaired) electrons. The fraction of sp³-hybridized carbons (Fsp3) is 0.333. The van der Waals surface area contributed by atoms with Crippen molar-refractivity contribution in [2.24, 2.45) is 0 Å². The Morgan fingerprint density at radius 1 is 0.958 bits per heavy atom. The van der Waals surface area contributed by atoms with Gasteiger partial charge in [0.1, 0.15) is 0 Å². The van der Waals surface area contributed by atoms with Crippen LogP contribution < -0.4 is 4.74 Å². The van der Waals surface area contributed by atoms with Gasteiger partial charge >= 0.3 is 0 Å². The highest BCUT2D eigenvalue weighted by atomic mass is 32.2. The van der Waals surface area contributed by atoms with E-state index in [4.69, 9.17) is 4.74 Å². The molecular weight excluding hydrogens is 353 g/mol. The maximum Gasteiger partial charge on any atom is 0.170 e. The minimum absolute atomic E-state index is 0.153. The molecular formula is C18H17F3OS2. The molecule has 6 heteroatoms. The second-order valence-electron chi connectivity index (χ2n) is 5.34. The molecule has 0 aromatic heterocycles. The van der Waals surface area contributed by atoms with Crippen molar-refractivity contribution in [3.63, 3.8) is 0 Å². The van der Waals surface area contributed by atoms with Crippen LogP contribution in [0.2, 0.25) is 0 Å². The third kappa shape index (κ3) is 2.90. The molecule has 0 heterocycles. The molecule has 0 bridgehead atoms. The summed E-state index contributed by atoms with van der Waals surface area (Å²) in [7, 11) is 0. The second-order valence-corrected chi connectivity index (χ2v) is 7.54. The monoisotopic (exact) mass is 370 g/mol. The summed E-state index contributed by atoms with van der Waals surface area (Å²) >= 11 is 3.10. The molecule has 1 aliphatic carbocycles. The largest absolute Gasteiger partial charge is 0.491 e. The Morgan fingerprint density at radius 2 is 1.62 bits per heavy atom. The topological polar surface area (TPSA) is 9.23 Å². The van der Waals surface area contributed by atoms with E-state index < -0.39 is 22.7 Å². The number of halogens is 3. The van der Waals surface area contributed by atoms with E-state index in [0.717, 1.165) is 17.6 Å². The van der Waals surface area contributed by atoms with Crippen LogP contribution in [0.1, 0.15) is 23.3 Å². The van der Waals surface area contributed by atoms with Gasteiger partial charge in [-0.05, 0) is 36.4 Å². The first kappa shape index (κ1) is 17.5. The van der Waals surface area contributed by atoms with Crippen molar-refractivity contribution in [3.05, 3.63) is 52.8 Å². The predicted octanol–water partition coefficient (Wildman–Crippen LogP) is 5.67. The van der Waals surface area contributed by atoms with Crippen LogP contribution in [0.15, 0.2) is 24.3 Å². The molecule has 24 heavy (non-hydrogen) atoms. The average Bonchev–Trinajstić information content (AvgIpc) is 2.89. The quantitative estimate of drug-likeness (QED) is 0.607. The zero-order chi connectivity index (χ0) is 17.3. The van der Waals surface area contributed by atoms with Crippen molar-refractivity contribution in [2.45, 2.75) is 12.2 Å². The zero-order valence-corrected chi connectivity index (χ0v) is 15.0. The molecule has 2 aromatic carbocycles. The number of rotatable bonds is 6. The first-order valence-corrected chi connectivity index (χ1v) is 10.1. The lowest BCUT2D eigenvalue weighted by molar-refractivity contribution is 0.320. The molecule has 3 rings (SSSR count). The molecule has 0 saturated carbocycles. The predicted molar refractivity (Wildman–Crippen MR) is 95.6 cm³/mol. The minimum atomic E-state index is -0.900. The summed E-state index contributed by atoms with van der Waals surface area (Å²) in [5.41, 5.74) is 1.81. The number of ether oxygens (including phenoxy) is 1. The summed E-state index contributed by atoms with van der Waals surface area (Å²) < 4.78 is 48.5. The Balaban J connectivity index is 2.14. The molecule has 1 unspecified atom stereocenters. The maximum atomic E-state index is 15.0. The Morgan fingerprint density at radius 3 is 2.29 bits per heavy atom. The number of hydrogen-bond donors (Lipinski definition) is 0. The van der Waals surface area contributed by atoms with Crippen LogP contribution in [0.25, 0.3) is 11.1 Å². The van der Waals surface area contributed by atoms with Crippen LogP contribution in [0.4, 0.5) is 13.2 Å². The molecule has 0 fully saturated rings. The molecule has 0 aliphatic heterocycles. The molecule has 0 saturated heterocycles. The Kier molecular flexibility index (Phi) is 5.35. The van der Waals surface area contributed by atoms with E-state index in [1.807, 2.05) is 6.26 Å². The van der Waals surface area contributed by atoms with E-state index in [0.29, 0.717) is 23.3 Å². The molecule has 0 N–H and O–H groups in total. The van der Waals surface area contributed by atoms with Gasteiger partial charge < -0.3 is 4.74 Å². The van der Waals surface area contributed by atoms with Crippen LogP contribution in [0.5, 0.6) is 5.75 Å². The number of fused-ring (bicyclic) bond motifs is 3. The van der Waals surface area contributed by atoms with Crippen molar-refractivity contribution in [3.8, 4) is 16.9 Å². The van der Waals surface area contributed by atoms with Gasteiger partial charge in [-0.25, -0.2) is 13.2 Å². The van der Waals surface area contributed by atoms with Gasteiger partial charge in [-0.3, -0.25) is 0 Å². The van der Waals surface area contributed by atoms with Gasteiger partial charge in [0, 0.05) is 22.6 Å². The fourth-order valence-corrected chi connectivity index (χ4v) is 5.03. The summed E-state index contributed by atoms with van der Waals surface area (Å²) in [6.45, 7) is 2.12. The lowest BCUT2D eigenvalue weighted by Crippen LogP contribution is -2.03. The van der Waals surface area contributed by atoms with Crippen molar-refractivity contribution < 1.29 is 17.9 Å². The molecule has 0 amide bonds. The molecule has 1 aliphatic rings. The molecule has 128 valence electrons. The van der Waals surface area contributed by atoms with Crippen LogP contribution >= 0.6 is 23.5 Å². The van der Waals surface area contributed by atoms with E-state index in [2.05, 4.69) is 0 Å². The van der Waals surface area contributed by atoms with Crippen molar-refractivity contribution in [1.29, 1.82) is 0 Å². The van der Waals surface area contributed by atoms with E-state index in [9.17, 15) is 13.2 Å². The van der Waals surface area contributed by atoms with E-state index in [1.165, 1.54) is 17.8 Å². The summed E-state index contributed by atoms with van der Waals surface area (Å²) in [6.07, 6.45) is 1.98. The Labute approximate surface area is 148 Å². The van der Waals surface area contributed by atoms with E-state index in [1.54, 1.807) is 30.8 Å². The summed E-state index contributed by atoms with van der Waals surface area (Å²) in [4.78, 5) is 0. The van der Waals surface area contributed by atoms with Crippen LogP contribution in [0, 0.1) is 17.5 Å². The van der Waals surface area contributed by atoms with Gasteiger partial charge in [-0.2, -0.15) is 11.8 Å². The van der Waals surface area contributed by atoms with Crippen molar-refractivity contribution in [1.82, 2.24) is 0 Å². The molecule has 0 spiro atoms. The second kappa shape index (κ2) is 7.31. The SMILES string of the molecule is CCOc1ccc2c(c1F)C(SCCSC)c1c-2ccc(F)c1F. The van der Waals surface area contributed by atoms with Crippen LogP contribution in [-0.2, 0) is 0 Å². The zero-order valence-electron chi connectivity index (χ0n) is 13.4. The first-order valence-electron chi connectivity index (χ1n) is 7.64. The number of benzene rings is 2. The summed E-state index contributed by atoms with van der Waals surface area (Å²) in [5.74, 6) is -0.535. The van der Waals surface area contributed by atoms with Gasteiger partial charge in [0.25, 0.3) is 0 Å². The third-order valence-electron chi connectivity index (χ3n) is 3.96. The van der Waals surface area contributed by atoms with Crippen molar-refractivity contribution in [2.75, 3.05) is 24.4 Å². The smallest absolute Gasteiger partial charge is 0.170 e. The highest BCUT2D eigenvalue weighted by Crippen LogP contribution is 2.53. The normalized spacial score (nSPS) is 15.3. The molecule has 2 aromatic rings. The van der Waals surface area contributed by atoms with Gasteiger partial charge in [0.05, 0.1) is 11.9 Å². The lowest BCUT2D eigenvalue weighted by atomic mass is 10.1. The highest BCUT2D eigenvalue weighted by molar-refractivity contribution is 8.02. The lowest BCUT2D eigenvalue weighted by Gasteiger charge is -2.16. The van der Waals surface area contributed by atoms with Gasteiger partial charge in [-0.1, -0.05) is 12.1 Å². The highest BCUT2D eigenvalue weighted by Gasteiger charge is 2.36. The van der Waals surface area contributed by atoms with Gasteiger partial charge in [-0.15, -0.1) is 11.8 Å². The first-order chi connectivity index (χ1) is 11.6. The molecule has 1 nitrogen and oxygen atoms in total. The van der Waals surface area contributed by atoms with Crippen molar-refractivity contribution >= 4 is 23.5 Å². The maximum absolute atomic E-state index is 15.0. The Bertz CT molecular complexity index is 764. The van der Waals surface area contributed by atoms with Gasteiger partial charge in [0.2, 0.25) is 0 Å². The number of hydrogen-bond acceptors (Lipinski definition) is 3. The van der Waals surface area contributed by atoms with Crippen LogP contribution in [-0.4, -0.2) is 24.4 Å². The Hall–Kier alpha value is -1.27. The van der Waals surface area contributed by atoms with Crippen LogP contribution in [0.3, 0.4) is 0 Å².